The summed E-state index contributed by atoms with van der Waals surface area (Å²) in [5, 5.41) is 0.907. The van der Waals surface area contributed by atoms with Crippen LogP contribution in [0.4, 0.5) is 0 Å². The van der Waals surface area contributed by atoms with Crippen molar-refractivity contribution in [3.63, 3.8) is 0 Å². The summed E-state index contributed by atoms with van der Waals surface area (Å²) in [4.78, 5) is 24.5. The molecule has 0 spiro atoms. The Kier molecular flexibility index (Phi) is 5.69. The number of hydrogen-bond acceptors (Lipinski definition) is 5. The van der Waals surface area contributed by atoms with E-state index in [0.29, 0.717) is 17.1 Å². The van der Waals surface area contributed by atoms with E-state index in [1.807, 2.05) is 25.1 Å². The molecule has 0 fully saturated rings. The SMILES string of the molecule is Cc1cc(OCC(=O)Oc2ccc3c4c(c(=O)oc3c2)CCC4)c(C(C)C)cc1Br. The van der Waals surface area contributed by atoms with Crippen LogP contribution in [0.15, 0.2) is 44.0 Å². The Morgan fingerprint density at radius 3 is 2.70 bits per heavy atom. The van der Waals surface area contributed by atoms with Gasteiger partial charge >= 0.3 is 11.6 Å². The third kappa shape index (κ3) is 4.01. The van der Waals surface area contributed by atoms with Crippen LogP contribution in [0.5, 0.6) is 11.5 Å². The average molecular weight is 471 g/mol. The fraction of sp³-hybridized carbons (Fsp3) is 0.333. The summed E-state index contributed by atoms with van der Waals surface area (Å²) >= 11 is 3.54. The standard InChI is InChI=1S/C24H23BrO5/c1-13(2)19-11-20(25)14(3)9-21(19)28-12-23(26)29-15-7-8-17-16-5-4-6-18(16)24(27)30-22(17)10-15/h7-11,13H,4-6,12H2,1-3H3. The summed E-state index contributed by atoms with van der Waals surface area (Å²) in [6.07, 6.45) is 2.59. The Bertz CT molecular complexity index is 1190. The van der Waals surface area contributed by atoms with Gasteiger partial charge in [-0.25, -0.2) is 9.59 Å². The van der Waals surface area contributed by atoms with E-state index in [-0.39, 0.29) is 18.2 Å². The number of carbonyl (C=O) groups excluding carboxylic acids is 1. The van der Waals surface area contributed by atoms with Crippen LogP contribution in [0.1, 0.15) is 48.4 Å². The van der Waals surface area contributed by atoms with E-state index in [1.54, 1.807) is 12.1 Å². The first-order valence-corrected chi connectivity index (χ1v) is 10.8. The zero-order chi connectivity index (χ0) is 21.4. The number of esters is 1. The molecule has 2 aromatic carbocycles. The van der Waals surface area contributed by atoms with Gasteiger partial charge in [-0.15, -0.1) is 0 Å². The van der Waals surface area contributed by atoms with Gasteiger partial charge in [0.25, 0.3) is 0 Å². The van der Waals surface area contributed by atoms with E-state index in [1.165, 1.54) is 0 Å². The van der Waals surface area contributed by atoms with E-state index in [4.69, 9.17) is 13.9 Å². The fourth-order valence-corrected chi connectivity index (χ4v) is 4.23. The van der Waals surface area contributed by atoms with Crippen molar-refractivity contribution in [2.75, 3.05) is 6.61 Å². The molecule has 0 saturated heterocycles. The maximum atomic E-state index is 12.4. The lowest BCUT2D eigenvalue weighted by atomic mass is 10.0. The minimum atomic E-state index is -0.520. The Balaban J connectivity index is 1.50. The van der Waals surface area contributed by atoms with Crippen molar-refractivity contribution in [3.8, 4) is 11.5 Å². The van der Waals surface area contributed by atoms with Crippen molar-refractivity contribution in [1.82, 2.24) is 0 Å². The highest BCUT2D eigenvalue weighted by atomic mass is 79.9. The van der Waals surface area contributed by atoms with Gasteiger partial charge in [0.2, 0.25) is 0 Å². The molecule has 1 aliphatic carbocycles. The molecule has 4 rings (SSSR count). The van der Waals surface area contributed by atoms with Crippen LogP contribution in [0, 0.1) is 6.92 Å². The highest BCUT2D eigenvalue weighted by Gasteiger charge is 2.20. The van der Waals surface area contributed by atoms with Crippen LogP contribution < -0.4 is 15.1 Å². The highest BCUT2D eigenvalue weighted by Crippen LogP contribution is 2.32. The molecule has 3 aromatic rings. The van der Waals surface area contributed by atoms with E-state index in [9.17, 15) is 9.59 Å². The molecule has 1 aliphatic rings. The topological polar surface area (TPSA) is 65.7 Å². The Morgan fingerprint density at radius 1 is 1.17 bits per heavy atom. The first-order chi connectivity index (χ1) is 14.3. The molecule has 1 heterocycles. The molecule has 0 amide bonds. The first-order valence-electron chi connectivity index (χ1n) is 10.1. The minimum Gasteiger partial charge on any atom is -0.482 e. The smallest absolute Gasteiger partial charge is 0.349 e. The van der Waals surface area contributed by atoms with Crippen LogP contribution in [0.25, 0.3) is 11.0 Å². The third-order valence-corrected chi connectivity index (χ3v) is 6.29. The van der Waals surface area contributed by atoms with E-state index in [0.717, 1.165) is 51.4 Å². The molecular formula is C24H23BrO5. The summed E-state index contributed by atoms with van der Waals surface area (Å²) < 4.78 is 17.6. The van der Waals surface area contributed by atoms with Crippen molar-refractivity contribution >= 4 is 32.9 Å². The van der Waals surface area contributed by atoms with Crippen LogP contribution >= 0.6 is 15.9 Å². The van der Waals surface area contributed by atoms with Crippen molar-refractivity contribution in [1.29, 1.82) is 0 Å². The Morgan fingerprint density at radius 2 is 1.93 bits per heavy atom. The van der Waals surface area contributed by atoms with Gasteiger partial charge in [-0.1, -0.05) is 29.8 Å². The van der Waals surface area contributed by atoms with Gasteiger partial charge in [-0.05, 0) is 73.1 Å². The van der Waals surface area contributed by atoms with E-state index >= 15 is 0 Å². The Hall–Kier alpha value is -2.60. The third-order valence-electron chi connectivity index (χ3n) is 5.44. The molecule has 156 valence electrons. The molecule has 0 aliphatic heterocycles. The predicted octanol–water partition coefficient (Wildman–Crippen LogP) is 5.46. The molecule has 0 bridgehead atoms. The maximum Gasteiger partial charge on any atom is 0.349 e. The number of aryl methyl sites for hydroxylation is 2. The molecule has 1 aromatic heterocycles. The molecule has 0 unspecified atom stereocenters. The number of carbonyl (C=O) groups is 1. The fourth-order valence-electron chi connectivity index (χ4n) is 3.87. The second-order valence-electron chi connectivity index (χ2n) is 7.91. The Labute approximate surface area is 183 Å². The van der Waals surface area contributed by atoms with Crippen LogP contribution in [-0.4, -0.2) is 12.6 Å². The largest absolute Gasteiger partial charge is 0.482 e. The normalized spacial score (nSPS) is 13.0. The van der Waals surface area contributed by atoms with E-state index in [2.05, 4.69) is 29.8 Å². The predicted molar refractivity (Wildman–Crippen MR) is 119 cm³/mol. The number of hydrogen-bond donors (Lipinski definition) is 0. The second-order valence-corrected chi connectivity index (χ2v) is 8.77. The molecule has 0 atom stereocenters. The van der Waals surface area contributed by atoms with Crippen LogP contribution in [0.3, 0.4) is 0 Å². The van der Waals surface area contributed by atoms with Gasteiger partial charge < -0.3 is 13.9 Å². The van der Waals surface area contributed by atoms with Gasteiger partial charge in [0.15, 0.2) is 6.61 Å². The van der Waals surface area contributed by atoms with E-state index < -0.39 is 5.97 Å². The summed E-state index contributed by atoms with van der Waals surface area (Å²) in [6, 6.07) is 9.10. The molecule has 30 heavy (non-hydrogen) atoms. The molecule has 0 N–H and O–H groups in total. The van der Waals surface area contributed by atoms with Crippen molar-refractivity contribution in [2.45, 2.75) is 46.0 Å². The quantitative estimate of drug-likeness (QED) is 0.281. The average Bonchev–Trinajstić information content (AvgIpc) is 3.19. The van der Waals surface area contributed by atoms with Crippen LogP contribution in [0.2, 0.25) is 0 Å². The molecule has 0 radical (unpaired) electrons. The molecule has 6 heteroatoms. The van der Waals surface area contributed by atoms with Gasteiger partial charge in [0.05, 0.1) is 0 Å². The second kappa shape index (κ2) is 8.26. The van der Waals surface area contributed by atoms with Gasteiger partial charge in [-0.3, -0.25) is 0 Å². The van der Waals surface area contributed by atoms with Gasteiger partial charge in [0.1, 0.15) is 17.1 Å². The van der Waals surface area contributed by atoms with Gasteiger partial charge in [-0.2, -0.15) is 0 Å². The number of rotatable bonds is 5. The lowest BCUT2D eigenvalue weighted by Gasteiger charge is -2.15. The van der Waals surface area contributed by atoms with Gasteiger partial charge in [0, 0.05) is 21.5 Å². The number of benzene rings is 2. The summed E-state index contributed by atoms with van der Waals surface area (Å²) in [6.45, 7) is 5.90. The zero-order valence-corrected chi connectivity index (χ0v) is 18.8. The summed E-state index contributed by atoms with van der Waals surface area (Å²) in [7, 11) is 0. The molecule has 0 saturated carbocycles. The molecule has 5 nitrogen and oxygen atoms in total. The monoisotopic (exact) mass is 470 g/mol. The first kappa shape index (κ1) is 20.7. The van der Waals surface area contributed by atoms with Crippen molar-refractivity contribution in [2.24, 2.45) is 0 Å². The summed E-state index contributed by atoms with van der Waals surface area (Å²) in [5.74, 6) is 0.724. The highest BCUT2D eigenvalue weighted by molar-refractivity contribution is 9.10. The maximum absolute atomic E-state index is 12.4. The number of fused-ring (bicyclic) bond motifs is 3. The molecular weight excluding hydrogens is 448 g/mol. The lowest BCUT2D eigenvalue weighted by molar-refractivity contribution is -0.136. The minimum absolute atomic E-state index is 0.215. The zero-order valence-electron chi connectivity index (χ0n) is 17.2. The number of halogens is 1. The lowest BCUT2D eigenvalue weighted by Crippen LogP contribution is -2.18. The van der Waals surface area contributed by atoms with Crippen LogP contribution in [-0.2, 0) is 17.6 Å². The number of ether oxygens (including phenoxy) is 2. The van der Waals surface area contributed by atoms with Crippen molar-refractivity contribution in [3.05, 3.63) is 67.5 Å². The van der Waals surface area contributed by atoms with Crippen molar-refractivity contribution < 1.29 is 18.7 Å². The summed E-state index contributed by atoms with van der Waals surface area (Å²) in [5.41, 5.74) is 4.01.